The largest absolute Gasteiger partial charge is 0.490 e. The quantitative estimate of drug-likeness (QED) is 0.590. The van der Waals surface area contributed by atoms with Crippen molar-refractivity contribution < 1.29 is 32.2 Å². The Kier molecular flexibility index (Phi) is 7.60. The molecule has 2 aromatic carbocycles. The van der Waals surface area contributed by atoms with Gasteiger partial charge in [-0.05, 0) is 51.5 Å². The van der Waals surface area contributed by atoms with Gasteiger partial charge in [-0.25, -0.2) is 8.42 Å². The molecule has 1 aliphatic heterocycles. The molecule has 0 bridgehead atoms. The molecule has 2 N–H and O–H groups in total. The van der Waals surface area contributed by atoms with E-state index in [9.17, 15) is 18.0 Å². The molecule has 0 fully saturated rings. The topological polar surface area (TPSA) is 120 Å². The molecule has 0 saturated heterocycles. The lowest BCUT2D eigenvalue weighted by Crippen LogP contribution is -2.42. The van der Waals surface area contributed by atoms with Crippen LogP contribution >= 0.6 is 0 Å². The van der Waals surface area contributed by atoms with Crippen LogP contribution in [0.1, 0.15) is 31.4 Å². The van der Waals surface area contributed by atoms with Gasteiger partial charge in [-0.2, -0.15) is 4.72 Å². The monoisotopic (exact) mass is 476 g/mol. The smallest absolute Gasteiger partial charge is 0.324 e. The van der Waals surface area contributed by atoms with Crippen LogP contribution in [0.25, 0.3) is 0 Å². The van der Waals surface area contributed by atoms with Gasteiger partial charge < -0.3 is 19.5 Å². The molecule has 33 heavy (non-hydrogen) atoms. The van der Waals surface area contributed by atoms with Crippen molar-refractivity contribution >= 4 is 27.6 Å². The average molecular weight is 477 g/mol. The van der Waals surface area contributed by atoms with Gasteiger partial charge in [0.15, 0.2) is 17.6 Å². The molecule has 0 spiro atoms. The minimum atomic E-state index is -4.05. The highest BCUT2D eigenvalue weighted by Gasteiger charge is 2.27. The van der Waals surface area contributed by atoms with Gasteiger partial charge in [0.2, 0.25) is 10.0 Å². The maximum atomic E-state index is 12.8. The van der Waals surface area contributed by atoms with E-state index in [1.807, 2.05) is 26.0 Å². The maximum Gasteiger partial charge on any atom is 0.324 e. The SMILES string of the molecule is Cc1ccc(NC(=O)[C@@H](C)OC(=O)[C@@H](C)NS(=O)(=O)c2ccc3c(c2)OCCCO3)c(C)c1. The van der Waals surface area contributed by atoms with Crippen LogP contribution in [0.5, 0.6) is 11.5 Å². The lowest BCUT2D eigenvalue weighted by Gasteiger charge is -2.18. The molecule has 0 unspecified atom stereocenters. The highest BCUT2D eigenvalue weighted by atomic mass is 32.2. The second-order valence-electron chi connectivity index (χ2n) is 7.89. The Morgan fingerprint density at radius 3 is 2.39 bits per heavy atom. The first-order chi connectivity index (χ1) is 15.6. The first kappa shape index (κ1) is 24.5. The highest BCUT2D eigenvalue weighted by molar-refractivity contribution is 7.89. The van der Waals surface area contributed by atoms with Crippen LogP contribution in [0.2, 0.25) is 0 Å². The fourth-order valence-electron chi connectivity index (χ4n) is 3.18. The molecule has 0 aliphatic carbocycles. The van der Waals surface area contributed by atoms with E-state index in [1.165, 1.54) is 32.0 Å². The molecular weight excluding hydrogens is 448 g/mol. The molecule has 2 aromatic rings. The van der Waals surface area contributed by atoms with E-state index in [2.05, 4.69) is 10.0 Å². The molecule has 1 aliphatic rings. The van der Waals surface area contributed by atoms with Gasteiger partial charge in [0.05, 0.1) is 18.1 Å². The Hall–Kier alpha value is -3.11. The third kappa shape index (κ3) is 6.23. The van der Waals surface area contributed by atoms with E-state index in [1.54, 1.807) is 6.07 Å². The van der Waals surface area contributed by atoms with Crippen LogP contribution in [0.15, 0.2) is 41.3 Å². The van der Waals surface area contributed by atoms with Crippen molar-refractivity contribution in [2.45, 2.75) is 51.2 Å². The number of nitrogens with one attached hydrogen (secondary N) is 2. The number of sulfonamides is 1. The van der Waals surface area contributed by atoms with Gasteiger partial charge in [0.25, 0.3) is 5.91 Å². The van der Waals surface area contributed by atoms with E-state index in [-0.39, 0.29) is 4.90 Å². The lowest BCUT2D eigenvalue weighted by molar-refractivity contribution is -0.154. The number of carbonyl (C=O) groups excluding carboxylic acids is 2. The Morgan fingerprint density at radius 1 is 1.00 bits per heavy atom. The van der Waals surface area contributed by atoms with Crippen molar-refractivity contribution in [2.24, 2.45) is 0 Å². The minimum absolute atomic E-state index is 0.0768. The molecule has 9 nitrogen and oxygen atoms in total. The van der Waals surface area contributed by atoms with Crippen molar-refractivity contribution in [2.75, 3.05) is 18.5 Å². The van der Waals surface area contributed by atoms with E-state index in [0.717, 1.165) is 11.1 Å². The first-order valence-electron chi connectivity index (χ1n) is 10.6. The number of amides is 1. The van der Waals surface area contributed by atoms with Gasteiger partial charge in [-0.15, -0.1) is 0 Å². The number of hydrogen-bond acceptors (Lipinski definition) is 7. The molecule has 178 valence electrons. The second kappa shape index (κ2) is 10.2. The third-order valence-electron chi connectivity index (χ3n) is 5.02. The Balaban J connectivity index is 1.61. The van der Waals surface area contributed by atoms with Crippen molar-refractivity contribution in [3.05, 3.63) is 47.5 Å². The van der Waals surface area contributed by atoms with Gasteiger partial charge >= 0.3 is 5.97 Å². The molecule has 1 amide bonds. The lowest BCUT2D eigenvalue weighted by atomic mass is 10.1. The number of esters is 1. The summed E-state index contributed by atoms with van der Waals surface area (Å²) < 4.78 is 44.0. The number of benzene rings is 2. The molecule has 0 radical (unpaired) electrons. The van der Waals surface area contributed by atoms with Gasteiger partial charge in [-0.3, -0.25) is 9.59 Å². The summed E-state index contributed by atoms with van der Waals surface area (Å²) in [5.41, 5.74) is 2.54. The summed E-state index contributed by atoms with van der Waals surface area (Å²) >= 11 is 0. The van der Waals surface area contributed by atoms with E-state index >= 15 is 0 Å². The summed E-state index contributed by atoms with van der Waals surface area (Å²) in [6.45, 7) is 7.46. The Morgan fingerprint density at radius 2 is 1.70 bits per heavy atom. The average Bonchev–Trinajstić information content (AvgIpc) is 3.00. The van der Waals surface area contributed by atoms with Crippen molar-refractivity contribution in [1.82, 2.24) is 4.72 Å². The number of carbonyl (C=O) groups is 2. The van der Waals surface area contributed by atoms with Crippen LogP contribution in [-0.2, 0) is 24.3 Å². The highest BCUT2D eigenvalue weighted by Crippen LogP contribution is 2.31. The second-order valence-corrected chi connectivity index (χ2v) is 9.60. The fraction of sp³-hybridized carbons (Fsp3) is 0.391. The summed E-state index contributed by atoms with van der Waals surface area (Å²) in [7, 11) is -4.05. The first-order valence-corrected chi connectivity index (χ1v) is 12.1. The van der Waals surface area contributed by atoms with E-state index in [4.69, 9.17) is 14.2 Å². The van der Waals surface area contributed by atoms with Crippen LogP contribution in [0.4, 0.5) is 5.69 Å². The van der Waals surface area contributed by atoms with Crippen LogP contribution < -0.4 is 19.5 Å². The summed E-state index contributed by atoms with van der Waals surface area (Å²) in [5, 5.41) is 2.71. The maximum absolute atomic E-state index is 12.8. The van der Waals surface area contributed by atoms with E-state index in [0.29, 0.717) is 36.8 Å². The zero-order valence-corrected chi connectivity index (χ0v) is 19.8. The fourth-order valence-corrected chi connectivity index (χ4v) is 4.38. The number of aryl methyl sites for hydroxylation is 2. The van der Waals surface area contributed by atoms with Gasteiger partial charge in [0, 0.05) is 18.2 Å². The minimum Gasteiger partial charge on any atom is -0.490 e. The van der Waals surface area contributed by atoms with Crippen LogP contribution in [-0.4, -0.2) is 45.7 Å². The van der Waals surface area contributed by atoms with Gasteiger partial charge in [-0.1, -0.05) is 17.7 Å². The Labute approximate surface area is 193 Å². The molecule has 3 rings (SSSR count). The summed E-state index contributed by atoms with van der Waals surface area (Å²) in [6, 6.07) is 8.55. The zero-order valence-electron chi connectivity index (χ0n) is 19.0. The van der Waals surface area contributed by atoms with Crippen molar-refractivity contribution in [3.8, 4) is 11.5 Å². The number of rotatable bonds is 7. The van der Waals surface area contributed by atoms with Crippen molar-refractivity contribution in [3.63, 3.8) is 0 Å². The molecule has 2 atom stereocenters. The molecule has 0 saturated carbocycles. The van der Waals surface area contributed by atoms with Gasteiger partial charge in [0.1, 0.15) is 6.04 Å². The number of ether oxygens (including phenoxy) is 3. The molecule has 10 heteroatoms. The zero-order chi connectivity index (χ0) is 24.2. The molecular formula is C23H28N2O7S. The van der Waals surface area contributed by atoms with Crippen LogP contribution in [0, 0.1) is 13.8 Å². The number of hydrogen-bond donors (Lipinski definition) is 2. The van der Waals surface area contributed by atoms with E-state index < -0.39 is 34.0 Å². The normalized spacial score (nSPS) is 15.2. The molecule has 0 aromatic heterocycles. The number of fused-ring (bicyclic) bond motifs is 1. The van der Waals surface area contributed by atoms with Crippen LogP contribution in [0.3, 0.4) is 0 Å². The predicted octanol–water partition coefficient (Wildman–Crippen LogP) is 2.70. The van der Waals surface area contributed by atoms with Crippen molar-refractivity contribution in [1.29, 1.82) is 0 Å². The number of anilines is 1. The standard InChI is InChI=1S/C23H28N2O7S/c1-14-6-8-19(15(2)12-14)24-22(26)17(4)32-23(27)16(3)25-33(28,29)18-7-9-20-21(13-18)31-11-5-10-30-20/h6-9,12-13,16-17,25H,5,10-11H2,1-4H3,(H,24,26)/t16-,17-/m1/s1. The molecule has 1 heterocycles. The predicted molar refractivity (Wildman–Crippen MR) is 122 cm³/mol. The Bertz CT molecular complexity index is 1150. The summed E-state index contributed by atoms with van der Waals surface area (Å²) in [6.07, 6.45) is -0.434. The third-order valence-corrected chi connectivity index (χ3v) is 6.56. The summed E-state index contributed by atoms with van der Waals surface area (Å²) in [4.78, 5) is 24.8. The summed E-state index contributed by atoms with van der Waals surface area (Å²) in [5.74, 6) is -0.616.